The van der Waals surface area contributed by atoms with Gasteiger partial charge in [-0.05, 0) is 6.07 Å². The highest BCUT2D eigenvalue weighted by Crippen LogP contribution is 2.26. The maximum atomic E-state index is 4.27. The van der Waals surface area contributed by atoms with Gasteiger partial charge in [0.15, 0.2) is 0 Å². The van der Waals surface area contributed by atoms with Crippen LogP contribution < -0.4 is 5.32 Å². The van der Waals surface area contributed by atoms with E-state index in [0.717, 1.165) is 15.7 Å². The number of aryl methyl sites for hydroxylation is 1. The van der Waals surface area contributed by atoms with Gasteiger partial charge < -0.3 is 5.32 Å². The van der Waals surface area contributed by atoms with E-state index in [4.69, 9.17) is 0 Å². The monoisotopic (exact) mass is 194 g/mol. The number of nitrogens with zero attached hydrogens (tertiary/aromatic N) is 3. The van der Waals surface area contributed by atoms with Gasteiger partial charge in [-0.15, -0.1) is 0 Å². The zero-order valence-corrected chi connectivity index (χ0v) is 8.30. The van der Waals surface area contributed by atoms with Gasteiger partial charge in [0.1, 0.15) is 15.7 Å². The second kappa shape index (κ2) is 3.18. The molecule has 0 aliphatic rings. The molecule has 2 rings (SSSR count). The molecule has 1 N–H and O–H groups in total. The topological polar surface area (TPSA) is 42.7 Å². The number of hydrogen-bond donors (Lipinski definition) is 1. The predicted octanol–water partition coefficient (Wildman–Crippen LogP) is 1.59. The van der Waals surface area contributed by atoms with E-state index in [2.05, 4.69) is 15.4 Å². The molecule has 0 amide bonds. The average Bonchev–Trinajstić information content (AvgIpc) is 2.71. The molecular weight excluding hydrogens is 184 g/mol. The van der Waals surface area contributed by atoms with Gasteiger partial charge in [-0.25, -0.2) is 4.98 Å². The van der Waals surface area contributed by atoms with Crippen LogP contribution in [0.25, 0.3) is 10.7 Å². The Morgan fingerprint density at radius 2 is 2.38 bits per heavy atom. The minimum absolute atomic E-state index is 0.925. The molecule has 0 bridgehead atoms. The molecule has 0 saturated carbocycles. The molecule has 0 spiro atoms. The Morgan fingerprint density at radius 3 is 2.92 bits per heavy atom. The molecule has 0 aromatic carbocycles. The minimum Gasteiger partial charge on any atom is -0.379 e. The number of hydrogen-bond acceptors (Lipinski definition) is 4. The molecule has 0 unspecified atom stereocenters. The standard InChI is InChI=1S/C8H10N4S/c1-9-7-5-10-8(13-7)6-3-4-12(2)11-6/h3-5,9H,1-2H3. The van der Waals surface area contributed by atoms with Crippen molar-refractivity contribution in [2.75, 3.05) is 12.4 Å². The summed E-state index contributed by atoms with van der Waals surface area (Å²) in [5, 5.41) is 9.32. The average molecular weight is 194 g/mol. The van der Waals surface area contributed by atoms with Crippen molar-refractivity contribution in [3.05, 3.63) is 18.5 Å². The Labute approximate surface area is 80.2 Å². The van der Waals surface area contributed by atoms with E-state index in [-0.39, 0.29) is 0 Å². The summed E-state index contributed by atoms with van der Waals surface area (Å²) in [5.41, 5.74) is 0.925. The van der Waals surface area contributed by atoms with E-state index < -0.39 is 0 Å². The van der Waals surface area contributed by atoms with Crippen LogP contribution in [0.1, 0.15) is 0 Å². The molecule has 2 aromatic rings. The fraction of sp³-hybridized carbons (Fsp3) is 0.250. The van der Waals surface area contributed by atoms with Crippen LogP contribution in [0, 0.1) is 0 Å². The van der Waals surface area contributed by atoms with E-state index in [9.17, 15) is 0 Å². The van der Waals surface area contributed by atoms with Crippen molar-refractivity contribution in [3.63, 3.8) is 0 Å². The van der Waals surface area contributed by atoms with Crippen molar-refractivity contribution < 1.29 is 0 Å². The number of anilines is 1. The molecule has 68 valence electrons. The minimum atomic E-state index is 0.925. The van der Waals surface area contributed by atoms with E-state index in [0.29, 0.717) is 0 Å². The number of nitrogens with one attached hydrogen (secondary N) is 1. The highest BCUT2D eigenvalue weighted by Gasteiger charge is 2.05. The van der Waals surface area contributed by atoms with Crippen molar-refractivity contribution in [2.45, 2.75) is 0 Å². The van der Waals surface area contributed by atoms with Gasteiger partial charge in [0.25, 0.3) is 0 Å². The summed E-state index contributed by atoms with van der Waals surface area (Å²) in [4.78, 5) is 4.25. The largest absolute Gasteiger partial charge is 0.379 e. The maximum absolute atomic E-state index is 4.27. The smallest absolute Gasteiger partial charge is 0.145 e. The number of rotatable bonds is 2. The lowest BCUT2D eigenvalue weighted by molar-refractivity contribution is 0.770. The van der Waals surface area contributed by atoms with Gasteiger partial charge >= 0.3 is 0 Å². The van der Waals surface area contributed by atoms with Crippen LogP contribution in [0.5, 0.6) is 0 Å². The molecule has 0 aliphatic carbocycles. The van der Waals surface area contributed by atoms with Crippen LogP contribution in [0.15, 0.2) is 18.5 Å². The molecule has 5 heteroatoms. The van der Waals surface area contributed by atoms with Crippen LogP contribution >= 0.6 is 11.3 Å². The first-order chi connectivity index (χ1) is 6.29. The summed E-state index contributed by atoms with van der Waals surface area (Å²) in [7, 11) is 3.78. The van der Waals surface area contributed by atoms with Gasteiger partial charge in [0.2, 0.25) is 0 Å². The van der Waals surface area contributed by atoms with Crippen LogP contribution in [0.2, 0.25) is 0 Å². The van der Waals surface area contributed by atoms with Crippen LogP contribution in [0.3, 0.4) is 0 Å². The first-order valence-corrected chi connectivity index (χ1v) is 4.75. The Hall–Kier alpha value is -1.36. The lowest BCUT2D eigenvalue weighted by Crippen LogP contribution is -1.87. The first kappa shape index (κ1) is 8.25. The van der Waals surface area contributed by atoms with E-state index in [1.54, 1.807) is 16.0 Å². The lowest BCUT2D eigenvalue weighted by Gasteiger charge is -1.88. The Kier molecular flexibility index (Phi) is 2.02. The second-order valence-electron chi connectivity index (χ2n) is 2.65. The molecule has 0 fully saturated rings. The second-order valence-corrected chi connectivity index (χ2v) is 3.68. The van der Waals surface area contributed by atoms with Gasteiger partial charge in [-0.2, -0.15) is 5.10 Å². The lowest BCUT2D eigenvalue weighted by atomic mass is 10.5. The van der Waals surface area contributed by atoms with E-state index in [1.165, 1.54) is 0 Å². The Bertz CT molecular complexity index is 404. The van der Waals surface area contributed by atoms with Crippen molar-refractivity contribution in [1.82, 2.24) is 14.8 Å². The summed E-state index contributed by atoms with van der Waals surface area (Å²) in [6.07, 6.45) is 3.73. The molecule has 0 radical (unpaired) electrons. The molecule has 0 aliphatic heterocycles. The third-order valence-electron chi connectivity index (χ3n) is 1.68. The molecule has 0 atom stereocenters. The predicted molar refractivity (Wildman–Crippen MR) is 53.9 cm³/mol. The fourth-order valence-electron chi connectivity index (χ4n) is 1.04. The van der Waals surface area contributed by atoms with E-state index in [1.807, 2.05) is 32.6 Å². The summed E-state index contributed by atoms with van der Waals surface area (Å²) < 4.78 is 1.77. The number of aromatic nitrogens is 3. The van der Waals surface area contributed by atoms with Gasteiger partial charge in [0.05, 0.1) is 6.20 Å². The summed E-state index contributed by atoms with van der Waals surface area (Å²) in [6.45, 7) is 0. The zero-order chi connectivity index (χ0) is 9.26. The van der Waals surface area contributed by atoms with Gasteiger partial charge in [-0.1, -0.05) is 11.3 Å². The van der Waals surface area contributed by atoms with Crippen molar-refractivity contribution in [3.8, 4) is 10.7 Å². The quantitative estimate of drug-likeness (QED) is 0.789. The van der Waals surface area contributed by atoms with Crippen molar-refractivity contribution in [2.24, 2.45) is 7.05 Å². The third-order valence-corrected chi connectivity index (χ3v) is 2.72. The fourth-order valence-corrected chi connectivity index (χ4v) is 1.77. The highest BCUT2D eigenvalue weighted by atomic mass is 32.1. The van der Waals surface area contributed by atoms with Crippen LogP contribution in [-0.2, 0) is 7.05 Å². The summed E-state index contributed by atoms with van der Waals surface area (Å²) >= 11 is 1.60. The maximum Gasteiger partial charge on any atom is 0.145 e. The number of thiazole rings is 1. The highest BCUT2D eigenvalue weighted by molar-refractivity contribution is 7.18. The van der Waals surface area contributed by atoms with Crippen molar-refractivity contribution >= 4 is 16.3 Å². The summed E-state index contributed by atoms with van der Waals surface area (Å²) in [5.74, 6) is 0. The third kappa shape index (κ3) is 1.55. The molecule has 2 heterocycles. The summed E-state index contributed by atoms with van der Waals surface area (Å²) in [6, 6.07) is 1.96. The SMILES string of the molecule is CNc1cnc(-c2ccn(C)n2)s1. The zero-order valence-electron chi connectivity index (χ0n) is 7.48. The van der Waals surface area contributed by atoms with Gasteiger partial charge in [-0.3, -0.25) is 4.68 Å². The molecule has 4 nitrogen and oxygen atoms in total. The molecule has 13 heavy (non-hydrogen) atoms. The van der Waals surface area contributed by atoms with E-state index >= 15 is 0 Å². The normalized spacial score (nSPS) is 10.3. The Balaban J connectivity index is 2.35. The Morgan fingerprint density at radius 1 is 1.54 bits per heavy atom. The van der Waals surface area contributed by atoms with Crippen LogP contribution in [-0.4, -0.2) is 21.8 Å². The molecular formula is C8H10N4S. The van der Waals surface area contributed by atoms with Crippen molar-refractivity contribution in [1.29, 1.82) is 0 Å². The van der Waals surface area contributed by atoms with Crippen LogP contribution in [0.4, 0.5) is 5.00 Å². The van der Waals surface area contributed by atoms with Gasteiger partial charge in [0, 0.05) is 20.3 Å². The molecule has 0 saturated heterocycles. The molecule has 2 aromatic heterocycles. The first-order valence-electron chi connectivity index (χ1n) is 3.93.